The van der Waals surface area contributed by atoms with Crippen LogP contribution < -0.4 is 5.32 Å². The zero-order valence-electron chi connectivity index (χ0n) is 16.0. The lowest BCUT2D eigenvalue weighted by Gasteiger charge is -2.12. The molecule has 0 aliphatic rings. The zero-order valence-corrected chi connectivity index (χ0v) is 16.8. The second-order valence-electron chi connectivity index (χ2n) is 7.13. The number of anilines is 1. The van der Waals surface area contributed by atoms with E-state index < -0.39 is 0 Å². The molecule has 28 heavy (non-hydrogen) atoms. The van der Waals surface area contributed by atoms with Crippen molar-refractivity contribution < 1.29 is 4.79 Å². The van der Waals surface area contributed by atoms with E-state index in [2.05, 4.69) is 49.5 Å². The number of carbonyl (C=O) groups is 1. The lowest BCUT2D eigenvalue weighted by molar-refractivity contribution is -0.116. The van der Waals surface area contributed by atoms with Crippen LogP contribution in [0.5, 0.6) is 0 Å². The lowest BCUT2D eigenvalue weighted by Crippen LogP contribution is -2.14. The maximum Gasteiger partial charge on any atom is 0.224 e. The number of thiazole rings is 1. The quantitative estimate of drug-likeness (QED) is 0.431. The second kappa shape index (κ2) is 7.95. The van der Waals surface area contributed by atoms with Gasteiger partial charge in [0.2, 0.25) is 5.91 Å². The SMILES string of the molecule is Cc1ccc2nc(-c3ccc(NC(=O)C[C@@H](C)c4ccccc4)cc3)sc2c1. The maximum absolute atomic E-state index is 12.4. The molecule has 4 rings (SSSR count). The molecule has 0 saturated heterocycles. The van der Waals surface area contributed by atoms with E-state index in [-0.39, 0.29) is 11.8 Å². The van der Waals surface area contributed by atoms with Gasteiger partial charge in [-0.15, -0.1) is 11.3 Å². The molecule has 0 aliphatic heterocycles. The summed E-state index contributed by atoms with van der Waals surface area (Å²) in [5.41, 5.74) is 5.32. The van der Waals surface area contributed by atoms with Crippen molar-refractivity contribution in [3.05, 3.63) is 83.9 Å². The summed E-state index contributed by atoms with van der Waals surface area (Å²) in [5.74, 6) is 0.214. The molecule has 0 fully saturated rings. The molecule has 4 heteroatoms. The standard InChI is InChI=1S/C24H22N2OS/c1-16-8-13-21-22(14-16)28-24(26-21)19-9-11-20(12-10-19)25-23(27)15-17(2)18-6-4-3-5-7-18/h3-14,17H,15H2,1-2H3,(H,25,27)/t17-/m1/s1. The summed E-state index contributed by atoms with van der Waals surface area (Å²) in [5, 5.41) is 4.00. The molecule has 0 aliphatic carbocycles. The number of carbonyl (C=O) groups excluding carboxylic acids is 1. The van der Waals surface area contributed by atoms with Crippen LogP contribution in [0.1, 0.15) is 30.4 Å². The Morgan fingerprint density at radius 3 is 2.54 bits per heavy atom. The van der Waals surface area contributed by atoms with Crippen molar-refractivity contribution >= 4 is 33.1 Å². The van der Waals surface area contributed by atoms with Crippen LogP contribution in [0.3, 0.4) is 0 Å². The van der Waals surface area contributed by atoms with Crippen molar-refractivity contribution in [1.29, 1.82) is 0 Å². The van der Waals surface area contributed by atoms with Crippen molar-refractivity contribution in [3.63, 3.8) is 0 Å². The minimum atomic E-state index is 0.0274. The third-order valence-electron chi connectivity index (χ3n) is 4.82. The van der Waals surface area contributed by atoms with Crippen LogP contribution in [0.25, 0.3) is 20.8 Å². The van der Waals surface area contributed by atoms with Crippen LogP contribution in [0.15, 0.2) is 72.8 Å². The zero-order chi connectivity index (χ0) is 19.5. The average Bonchev–Trinajstić information content (AvgIpc) is 3.12. The first-order chi connectivity index (χ1) is 13.6. The minimum absolute atomic E-state index is 0.0274. The smallest absolute Gasteiger partial charge is 0.224 e. The van der Waals surface area contributed by atoms with E-state index in [0.29, 0.717) is 6.42 Å². The molecular weight excluding hydrogens is 364 g/mol. The fourth-order valence-corrected chi connectivity index (χ4v) is 4.31. The van der Waals surface area contributed by atoms with Gasteiger partial charge in [0.15, 0.2) is 0 Å². The third kappa shape index (κ3) is 4.12. The molecule has 0 spiro atoms. The van der Waals surface area contributed by atoms with E-state index in [9.17, 15) is 4.79 Å². The van der Waals surface area contributed by atoms with Crippen LogP contribution in [-0.4, -0.2) is 10.9 Å². The van der Waals surface area contributed by atoms with Gasteiger partial charge in [0.1, 0.15) is 5.01 Å². The Balaban J connectivity index is 1.43. The van der Waals surface area contributed by atoms with Gasteiger partial charge in [0.25, 0.3) is 0 Å². The molecule has 1 amide bonds. The van der Waals surface area contributed by atoms with E-state index in [1.54, 1.807) is 11.3 Å². The summed E-state index contributed by atoms with van der Waals surface area (Å²) in [7, 11) is 0. The monoisotopic (exact) mass is 386 g/mol. The van der Waals surface area contributed by atoms with Crippen LogP contribution in [0.4, 0.5) is 5.69 Å². The van der Waals surface area contributed by atoms with Gasteiger partial charge in [0, 0.05) is 17.7 Å². The first-order valence-electron chi connectivity index (χ1n) is 9.41. The number of aryl methyl sites for hydroxylation is 1. The Hall–Kier alpha value is -2.98. The van der Waals surface area contributed by atoms with Gasteiger partial charge in [-0.2, -0.15) is 0 Å². The van der Waals surface area contributed by atoms with Gasteiger partial charge in [-0.3, -0.25) is 4.79 Å². The first-order valence-corrected chi connectivity index (χ1v) is 10.2. The van der Waals surface area contributed by atoms with Crippen molar-refractivity contribution in [2.24, 2.45) is 0 Å². The molecule has 0 bridgehead atoms. The highest BCUT2D eigenvalue weighted by molar-refractivity contribution is 7.21. The van der Waals surface area contributed by atoms with Crippen LogP contribution in [0.2, 0.25) is 0 Å². The molecule has 3 aromatic carbocycles. The normalized spacial score (nSPS) is 12.1. The minimum Gasteiger partial charge on any atom is -0.326 e. The molecule has 0 unspecified atom stereocenters. The number of rotatable bonds is 5. The van der Waals surface area contributed by atoms with Crippen molar-refractivity contribution in [3.8, 4) is 10.6 Å². The highest BCUT2D eigenvalue weighted by Crippen LogP contribution is 2.31. The third-order valence-corrected chi connectivity index (χ3v) is 5.89. The Bertz CT molecular complexity index is 1100. The van der Waals surface area contributed by atoms with Gasteiger partial charge in [-0.25, -0.2) is 4.98 Å². The van der Waals surface area contributed by atoms with E-state index >= 15 is 0 Å². The second-order valence-corrected chi connectivity index (χ2v) is 8.16. The predicted octanol–water partition coefficient (Wildman–Crippen LogP) is 6.40. The fraction of sp³-hybridized carbons (Fsp3) is 0.167. The molecule has 1 aromatic heterocycles. The van der Waals surface area contributed by atoms with E-state index in [1.165, 1.54) is 15.8 Å². The molecule has 1 N–H and O–H groups in total. The van der Waals surface area contributed by atoms with Gasteiger partial charge in [-0.05, 0) is 60.4 Å². The summed E-state index contributed by atoms with van der Waals surface area (Å²) in [6, 6.07) is 24.4. The summed E-state index contributed by atoms with van der Waals surface area (Å²) < 4.78 is 1.20. The molecule has 3 nitrogen and oxygen atoms in total. The molecule has 0 saturated carbocycles. The molecule has 1 atom stereocenters. The molecular formula is C24H22N2OS. The Morgan fingerprint density at radius 1 is 1.04 bits per heavy atom. The van der Waals surface area contributed by atoms with Crippen molar-refractivity contribution in [2.75, 3.05) is 5.32 Å². The molecule has 1 heterocycles. The Morgan fingerprint density at radius 2 is 1.79 bits per heavy atom. The highest BCUT2D eigenvalue weighted by atomic mass is 32.1. The van der Waals surface area contributed by atoms with E-state index in [4.69, 9.17) is 4.98 Å². The number of nitrogens with one attached hydrogen (secondary N) is 1. The van der Waals surface area contributed by atoms with E-state index in [1.807, 2.05) is 42.5 Å². The van der Waals surface area contributed by atoms with Crippen LogP contribution in [-0.2, 0) is 4.79 Å². The Kier molecular flexibility index (Phi) is 5.22. The Labute approximate surface area is 169 Å². The van der Waals surface area contributed by atoms with Gasteiger partial charge in [0.05, 0.1) is 10.2 Å². The number of fused-ring (bicyclic) bond motifs is 1. The summed E-state index contributed by atoms with van der Waals surface area (Å²) >= 11 is 1.69. The molecule has 0 radical (unpaired) electrons. The van der Waals surface area contributed by atoms with E-state index in [0.717, 1.165) is 21.8 Å². The topological polar surface area (TPSA) is 42.0 Å². The van der Waals surface area contributed by atoms with Crippen LogP contribution >= 0.6 is 11.3 Å². The number of hydrogen-bond acceptors (Lipinski definition) is 3. The first kappa shape index (κ1) is 18.4. The molecule has 4 aromatic rings. The maximum atomic E-state index is 12.4. The van der Waals surface area contributed by atoms with Gasteiger partial charge >= 0.3 is 0 Å². The highest BCUT2D eigenvalue weighted by Gasteiger charge is 2.12. The number of hydrogen-bond donors (Lipinski definition) is 1. The number of nitrogens with zero attached hydrogens (tertiary/aromatic N) is 1. The lowest BCUT2D eigenvalue weighted by atomic mass is 9.97. The summed E-state index contributed by atoms with van der Waals surface area (Å²) in [6.07, 6.45) is 0.461. The average molecular weight is 387 g/mol. The fourth-order valence-electron chi connectivity index (χ4n) is 3.24. The van der Waals surface area contributed by atoms with Gasteiger partial charge in [-0.1, -0.05) is 43.3 Å². The number of amides is 1. The predicted molar refractivity (Wildman–Crippen MR) is 118 cm³/mol. The largest absolute Gasteiger partial charge is 0.326 e. The van der Waals surface area contributed by atoms with Crippen LogP contribution in [0, 0.1) is 6.92 Å². The van der Waals surface area contributed by atoms with Gasteiger partial charge < -0.3 is 5.32 Å². The van der Waals surface area contributed by atoms with Crippen molar-refractivity contribution in [1.82, 2.24) is 4.98 Å². The summed E-state index contributed by atoms with van der Waals surface area (Å²) in [4.78, 5) is 17.1. The number of aromatic nitrogens is 1. The number of benzene rings is 3. The van der Waals surface area contributed by atoms with Crippen molar-refractivity contribution in [2.45, 2.75) is 26.2 Å². The molecule has 140 valence electrons. The summed E-state index contributed by atoms with van der Waals surface area (Å²) in [6.45, 7) is 4.17.